The molecule has 2 amide bonds. The summed E-state index contributed by atoms with van der Waals surface area (Å²) in [6, 6.07) is 9.08. The molecule has 0 saturated heterocycles. The predicted octanol–water partition coefficient (Wildman–Crippen LogP) is 0.887. The van der Waals surface area contributed by atoms with Gasteiger partial charge < -0.3 is 20.5 Å². The second-order valence-corrected chi connectivity index (χ2v) is 5.63. The predicted molar refractivity (Wildman–Crippen MR) is 81.4 cm³/mol. The highest BCUT2D eigenvalue weighted by Gasteiger charge is 2.15. The number of carbonyl (C=O) groups is 2. The summed E-state index contributed by atoms with van der Waals surface area (Å²) in [4.78, 5) is 22.7. The first kappa shape index (κ1) is 17.1. The highest BCUT2D eigenvalue weighted by molar-refractivity contribution is 5.94. The number of quaternary nitrogens is 1. The van der Waals surface area contributed by atoms with Crippen molar-refractivity contribution in [1.29, 1.82) is 0 Å². The van der Waals surface area contributed by atoms with Crippen LogP contribution in [-0.4, -0.2) is 50.0 Å². The molecule has 0 aliphatic heterocycles. The molecule has 0 heterocycles. The average Bonchev–Trinajstić information content (AvgIpc) is 2.47. The number of amides is 2. The van der Waals surface area contributed by atoms with Gasteiger partial charge in [0.2, 0.25) is 5.91 Å². The van der Waals surface area contributed by atoms with Gasteiger partial charge in [0.05, 0.1) is 33.7 Å². The molecule has 6 heteroatoms. The molecular weight excluding hydrogens is 270 g/mol. The summed E-state index contributed by atoms with van der Waals surface area (Å²) in [5.74, 6) is -0.561. The molecule has 2 N–H and O–H groups in total. The van der Waals surface area contributed by atoms with Gasteiger partial charge in [0.25, 0.3) is 5.91 Å². The Labute approximate surface area is 125 Å². The minimum atomic E-state index is -0.479. The Morgan fingerprint density at radius 3 is 2.43 bits per heavy atom. The molecule has 0 saturated carbocycles. The lowest BCUT2D eigenvalue weighted by Gasteiger charge is -2.30. The minimum Gasteiger partial charge on any atom is -0.759 e. The number of carbonyl (C=O) groups excluding carboxylic acids is 2. The van der Waals surface area contributed by atoms with Crippen molar-refractivity contribution >= 4 is 11.8 Å². The summed E-state index contributed by atoms with van der Waals surface area (Å²) in [7, 11) is 4.06. The van der Waals surface area contributed by atoms with Crippen LogP contribution in [0.25, 0.3) is 0 Å². The van der Waals surface area contributed by atoms with Crippen LogP contribution in [0.5, 0.6) is 0 Å². The largest absolute Gasteiger partial charge is 0.759 e. The zero-order valence-corrected chi connectivity index (χ0v) is 12.6. The van der Waals surface area contributed by atoms with E-state index >= 15 is 0 Å². The second-order valence-electron chi connectivity index (χ2n) is 5.63. The molecule has 0 aliphatic carbocycles. The maximum atomic E-state index is 11.9. The molecule has 6 nitrogen and oxygen atoms in total. The monoisotopic (exact) mass is 293 g/mol. The first-order valence-corrected chi connectivity index (χ1v) is 7.01. The summed E-state index contributed by atoms with van der Waals surface area (Å²) in [5.41, 5.74) is 2.02. The quantitative estimate of drug-likeness (QED) is 0.551. The Balaban J connectivity index is 2.27. The second kappa shape index (κ2) is 8.39. The van der Waals surface area contributed by atoms with E-state index in [0.717, 1.165) is 13.1 Å². The fourth-order valence-corrected chi connectivity index (χ4v) is 1.99. The average molecular weight is 293 g/mol. The van der Waals surface area contributed by atoms with Crippen LogP contribution in [0.15, 0.2) is 30.3 Å². The summed E-state index contributed by atoms with van der Waals surface area (Å²) >= 11 is 0. The maximum Gasteiger partial charge on any atom is 0.251 e. The summed E-state index contributed by atoms with van der Waals surface area (Å²) in [6.45, 7) is 2.10. The molecule has 116 valence electrons. The number of hydrogen-bond donors (Lipinski definition) is 2. The number of rotatable bonds is 8. The molecular formula is C15H23N3O3. The van der Waals surface area contributed by atoms with Crippen molar-refractivity contribution in [1.82, 2.24) is 10.8 Å². The van der Waals surface area contributed by atoms with Gasteiger partial charge in [-0.1, -0.05) is 18.2 Å². The van der Waals surface area contributed by atoms with E-state index in [1.807, 2.05) is 32.3 Å². The van der Waals surface area contributed by atoms with Crippen molar-refractivity contribution in [3.05, 3.63) is 41.1 Å². The third-order valence-electron chi connectivity index (χ3n) is 3.32. The number of likely N-dealkylation sites (N-methyl/N-ethyl adjacent to an activating group) is 1. The lowest BCUT2D eigenvalue weighted by molar-refractivity contribution is -0.889. The van der Waals surface area contributed by atoms with E-state index in [0.29, 0.717) is 23.0 Å². The zero-order valence-electron chi connectivity index (χ0n) is 12.6. The number of nitrogens with one attached hydrogen (secondary N) is 2. The summed E-state index contributed by atoms with van der Waals surface area (Å²) < 4.78 is 0.682. The van der Waals surface area contributed by atoms with Gasteiger partial charge in [-0.2, -0.15) is 0 Å². The van der Waals surface area contributed by atoms with E-state index in [-0.39, 0.29) is 12.3 Å². The number of nitrogens with zero attached hydrogens (tertiary/aromatic N) is 1. The third kappa shape index (κ3) is 6.87. The van der Waals surface area contributed by atoms with E-state index < -0.39 is 5.91 Å². The first-order valence-electron chi connectivity index (χ1n) is 7.01. The van der Waals surface area contributed by atoms with E-state index in [1.165, 1.54) is 5.48 Å². The van der Waals surface area contributed by atoms with Crippen molar-refractivity contribution in [2.24, 2.45) is 0 Å². The van der Waals surface area contributed by atoms with Crippen LogP contribution in [0, 0.1) is 5.21 Å². The molecule has 1 aromatic rings. The van der Waals surface area contributed by atoms with Crippen LogP contribution >= 0.6 is 0 Å². The molecule has 0 fully saturated rings. The molecule has 0 unspecified atom stereocenters. The van der Waals surface area contributed by atoms with Gasteiger partial charge in [-0.25, -0.2) is 0 Å². The number of hydroxylamine groups is 1. The smallest absolute Gasteiger partial charge is 0.251 e. The number of hydrogen-bond acceptors (Lipinski definition) is 3. The molecule has 0 aromatic heterocycles. The first-order chi connectivity index (χ1) is 9.94. The van der Waals surface area contributed by atoms with Crippen LogP contribution in [0.2, 0.25) is 0 Å². The van der Waals surface area contributed by atoms with E-state index in [4.69, 9.17) is 0 Å². The van der Waals surface area contributed by atoms with Crippen LogP contribution < -0.4 is 10.8 Å². The van der Waals surface area contributed by atoms with Crippen LogP contribution in [0.1, 0.15) is 23.2 Å². The lowest BCUT2D eigenvalue weighted by Crippen LogP contribution is -2.46. The minimum absolute atomic E-state index is 0.0821. The molecule has 0 radical (unpaired) electrons. The molecule has 21 heavy (non-hydrogen) atoms. The molecule has 0 bridgehead atoms. The van der Waals surface area contributed by atoms with Gasteiger partial charge in [0.1, 0.15) is 0 Å². The molecule has 1 rings (SSSR count). The van der Waals surface area contributed by atoms with Crippen molar-refractivity contribution < 1.29 is 14.1 Å². The van der Waals surface area contributed by atoms with Crippen LogP contribution in [0.3, 0.4) is 0 Å². The highest BCUT2D eigenvalue weighted by Crippen LogP contribution is 2.02. The van der Waals surface area contributed by atoms with Crippen molar-refractivity contribution in [3.63, 3.8) is 0 Å². The Morgan fingerprint density at radius 2 is 1.81 bits per heavy atom. The lowest BCUT2D eigenvalue weighted by atomic mass is 10.2. The Morgan fingerprint density at radius 1 is 1.14 bits per heavy atom. The van der Waals surface area contributed by atoms with Gasteiger partial charge in [-0.3, -0.25) is 9.59 Å². The third-order valence-corrected chi connectivity index (χ3v) is 3.32. The SMILES string of the molecule is C[N+](C)(CCCC(=O)N[O-])CCNC(=O)c1ccccc1. The van der Waals surface area contributed by atoms with E-state index in [9.17, 15) is 14.8 Å². The molecule has 0 aliphatic rings. The molecule has 0 spiro atoms. The fraction of sp³-hybridized carbons (Fsp3) is 0.467. The van der Waals surface area contributed by atoms with Gasteiger partial charge in [-0.05, 0) is 12.1 Å². The van der Waals surface area contributed by atoms with E-state index in [2.05, 4.69) is 5.32 Å². The molecule has 0 atom stereocenters. The molecule has 1 aromatic carbocycles. The topological polar surface area (TPSA) is 81.3 Å². The zero-order chi connectivity index (χ0) is 15.7. The normalized spacial score (nSPS) is 11.0. The summed E-state index contributed by atoms with van der Waals surface area (Å²) in [5, 5.41) is 13.0. The van der Waals surface area contributed by atoms with Gasteiger partial charge in [-0.15, -0.1) is 0 Å². The Kier molecular flexibility index (Phi) is 6.84. The standard InChI is InChI=1S/C15H23N3O3/c1-18(2,11-6-9-14(19)17-21)12-10-16-15(20)13-7-4-3-5-8-13/h3-5,7-8H,6,9-12H2,1-2H3,(H2-,16,17,19,20,21). The van der Waals surface area contributed by atoms with Gasteiger partial charge in [0, 0.05) is 18.4 Å². The fourth-order valence-electron chi connectivity index (χ4n) is 1.99. The van der Waals surface area contributed by atoms with Crippen LogP contribution in [0.4, 0.5) is 0 Å². The Bertz CT molecular complexity index is 460. The van der Waals surface area contributed by atoms with Crippen LogP contribution in [-0.2, 0) is 4.79 Å². The van der Waals surface area contributed by atoms with E-state index in [1.54, 1.807) is 12.1 Å². The number of benzene rings is 1. The van der Waals surface area contributed by atoms with Gasteiger partial charge >= 0.3 is 0 Å². The highest BCUT2D eigenvalue weighted by atomic mass is 16.5. The van der Waals surface area contributed by atoms with Crippen molar-refractivity contribution in [2.45, 2.75) is 12.8 Å². The van der Waals surface area contributed by atoms with Crippen molar-refractivity contribution in [3.8, 4) is 0 Å². The maximum absolute atomic E-state index is 11.9. The summed E-state index contributed by atoms with van der Waals surface area (Å²) in [6.07, 6.45) is 0.884. The van der Waals surface area contributed by atoms with Crippen molar-refractivity contribution in [2.75, 3.05) is 33.7 Å². The van der Waals surface area contributed by atoms with Gasteiger partial charge in [0.15, 0.2) is 0 Å². The Hall–Kier alpha value is -1.92.